The van der Waals surface area contributed by atoms with Crippen LogP contribution in [0.3, 0.4) is 0 Å². The van der Waals surface area contributed by atoms with E-state index in [9.17, 15) is 9.36 Å². The molecule has 2 aromatic carbocycles. The summed E-state index contributed by atoms with van der Waals surface area (Å²) in [4.78, 5) is 15.6. The molecule has 0 aromatic heterocycles. The van der Waals surface area contributed by atoms with Crippen molar-refractivity contribution in [1.82, 2.24) is 4.90 Å². The van der Waals surface area contributed by atoms with Crippen molar-refractivity contribution in [3.05, 3.63) is 60.7 Å². The fourth-order valence-corrected chi connectivity index (χ4v) is 6.95. The van der Waals surface area contributed by atoms with Crippen molar-refractivity contribution in [3.8, 4) is 0 Å². The van der Waals surface area contributed by atoms with Gasteiger partial charge in [-0.15, -0.1) is 0 Å². The van der Waals surface area contributed by atoms with E-state index in [-0.39, 0.29) is 30.7 Å². The predicted octanol–water partition coefficient (Wildman–Crippen LogP) is 4.05. The monoisotopic (exact) mass is 459 g/mol. The zero-order valence-electron chi connectivity index (χ0n) is 20.1. The smallest absolute Gasteiger partial charge is 0.231 e. The summed E-state index contributed by atoms with van der Waals surface area (Å²) in [7, 11) is -3.17. The highest BCUT2D eigenvalue weighted by Gasteiger charge is 2.38. The summed E-state index contributed by atoms with van der Waals surface area (Å²) in [5.74, 6) is -0.150. The van der Waals surface area contributed by atoms with Gasteiger partial charge in [0.15, 0.2) is 7.14 Å². The van der Waals surface area contributed by atoms with Gasteiger partial charge in [-0.2, -0.15) is 0 Å². The maximum atomic E-state index is 14.4. The number of rotatable bonds is 11. The van der Waals surface area contributed by atoms with E-state index < -0.39 is 12.7 Å². The first kappa shape index (κ1) is 26.3. The largest absolute Gasteiger partial charge is 0.394 e. The van der Waals surface area contributed by atoms with Crippen LogP contribution in [0.4, 0.5) is 0 Å². The van der Waals surface area contributed by atoms with Crippen molar-refractivity contribution in [2.24, 2.45) is 5.41 Å². The molecule has 0 saturated carbocycles. The molecular formula is C26H38NO4P. The molecular weight excluding hydrogens is 421 g/mol. The van der Waals surface area contributed by atoms with Crippen LogP contribution in [0.25, 0.3) is 0 Å². The van der Waals surface area contributed by atoms with Crippen molar-refractivity contribution >= 4 is 23.7 Å². The Morgan fingerprint density at radius 3 is 1.84 bits per heavy atom. The molecule has 0 radical (unpaired) electrons. The van der Waals surface area contributed by atoms with E-state index in [1.54, 1.807) is 0 Å². The summed E-state index contributed by atoms with van der Waals surface area (Å²) in [6, 6.07) is 18.6. The molecule has 32 heavy (non-hydrogen) atoms. The molecule has 6 heteroatoms. The van der Waals surface area contributed by atoms with E-state index in [0.29, 0.717) is 23.8 Å². The van der Waals surface area contributed by atoms with Crippen molar-refractivity contribution in [2.75, 3.05) is 32.5 Å². The van der Waals surface area contributed by atoms with E-state index in [1.807, 2.05) is 65.6 Å². The van der Waals surface area contributed by atoms with Crippen LogP contribution in [0, 0.1) is 5.41 Å². The quantitative estimate of drug-likeness (QED) is 0.407. The van der Waals surface area contributed by atoms with E-state index >= 15 is 0 Å². The van der Waals surface area contributed by atoms with Gasteiger partial charge in [-0.25, -0.2) is 0 Å². The molecule has 0 aliphatic heterocycles. The number of carbonyl (C=O) groups is 1. The van der Waals surface area contributed by atoms with Gasteiger partial charge in [-0.05, 0) is 25.7 Å². The maximum absolute atomic E-state index is 14.4. The molecule has 2 rings (SSSR count). The standard InChI is InChI=1S/C26H38NO4P/c1-25(2,3)21-26(4,5)27(16-18-31-19-17-28)24(29)20-32(30,22-12-8-6-9-13-22)23-14-10-7-11-15-23/h6-15,28H,16-21H2,1-5H3. The number of amides is 1. The summed E-state index contributed by atoms with van der Waals surface area (Å²) in [6.45, 7) is 11.4. The Kier molecular flexibility index (Phi) is 9.27. The third-order valence-corrected chi connectivity index (χ3v) is 8.37. The average Bonchev–Trinajstić information content (AvgIpc) is 2.73. The highest BCUT2D eigenvalue weighted by molar-refractivity contribution is 7.79. The molecule has 0 bridgehead atoms. The van der Waals surface area contributed by atoms with Crippen LogP contribution in [0.2, 0.25) is 0 Å². The van der Waals surface area contributed by atoms with Gasteiger partial charge in [0.25, 0.3) is 0 Å². The lowest BCUT2D eigenvalue weighted by molar-refractivity contribution is -0.136. The first-order valence-corrected chi connectivity index (χ1v) is 13.1. The molecule has 0 heterocycles. The Labute approximate surface area is 193 Å². The molecule has 0 fully saturated rings. The topological polar surface area (TPSA) is 66.8 Å². The van der Waals surface area contributed by atoms with Crippen LogP contribution in [0.1, 0.15) is 41.0 Å². The number of hydrogen-bond donors (Lipinski definition) is 1. The summed E-state index contributed by atoms with van der Waals surface area (Å²) < 4.78 is 19.9. The molecule has 0 unspecified atom stereocenters. The minimum atomic E-state index is -3.17. The Balaban J connectivity index is 2.40. The van der Waals surface area contributed by atoms with Crippen LogP contribution < -0.4 is 10.6 Å². The van der Waals surface area contributed by atoms with E-state index in [1.165, 1.54) is 0 Å². The first-order valence-electron chi connectivity index (χ1n) is 11.2. The number of benzene rings is 2. The minimum absolute atomic E-state index is 0.0105. The Morgan fingerprint density at radius 2 is 1.41 bits per heavy atom. The maximum Gasteiger partial charge on any atom is 0.231 e. The zero-order valence-corrected chi connectivity index (χ0v) is 21.0. The number of ether oxygens (including phenoxy) is 1. The molecule has 1 N–H and O–H groups in total. The number of nitrogens with zero attached hydrogens (tertiary/aromatic N) is 1. The van der Waals surface area contributed by atoms with Gasteiger partial charge in [-0.1, -0.05) is 81.4 Å². The molecule has 5 nitrogen and oxygen atoms in total. The van der Waals surface area contributed by atoms with E-state index in [4.69, 9.17) is 9.84 Å². The van der Waals surface area contributed by atoms with Crippen LogP contribution >= 0.6 is 7.14 Å². The fraction of sp³-hybridized carbons (Fsp3) is 0.500. The van der Waals surface area contributed by atoms with E-state index in [2.05, 4.69) is 34.6 Å². The molecule has 0 aliphatic rings. The first-order chi connectivity index (χ1) is 15.0. The summed E-state index contributed by atoms with van der Waals surface area (Å²) in [5.41, 5.74) is -0.438. The second-order valence-electron chi connectivity index (χ2n) is 10.0. The van der Waals surface area contributed by atoms with Crippen LogP contribution in [0.15, 0.2) is 60.7 Å². The molecule has 0 atom stereocenters. The van der Waals surface area contributed by atoms with Gasteiger partial charge in [0, 0.05) is 22.7 Å². The normalized spacial score (nSPS) is 12.6. The third kappa shape index (κ3) is 7.30. The number of aliphatic hydroxyl groups excluding tert-OH is 1. The molecule has 0 saturated heterocycles. The van der Waals surface area contributed by atoms with Crippen LogP contribution in [-0.2, 0) is 14.1 Å². The van der Waals surface area contributed by atoms with E-state index in [0.717, 1.165) is 6.42 Å². The van der Waals surface area contributed by atoms with Crippen LogP contribution in [0.5, 0.6) is 0 Å². The fourth-order valence-electron chi connectivity index (χ4n) is 4.43. The summed E-state index contributed by atoms with van der Waals surface area (Å²) in [6.07, 6.45) is 0.710. The Hall–Kier alpha value is -1.94. The lowest BCUT2D eigenvalue weighted by atomic mass is 9.80. The Bertz CT molecular complexity index is 848. The molecule has 0 aliphatic carbocycles. The number of hydrogen-bond acceptors (Lipinski definition) is 4. The second kappa shape index (κ2) is 11.3. The molecule has 1 amide bonds. The Morgan fingerprint density at radius 1 is 0.906 bits per heavy atom. The van der Waals surface area contributed by atoms with Crippen molar-refractivity contribution in [2.45, 2.75) is 46.6 Å². The highest BCUT2D eigenvalue weighted by atomic mass is 31.2. The van der Waals surface area contributed by atoms with Gasteiger partial charge in [0.05, 0.1) is 26.0 Å². The van der Waals surface area contributed by atoms with Crippen molar-refractivity contribution in [3.63, 3.8) is 0 Å². The highest BCUT2D eigenvalue weighted by Crippen LogP contribution is 2.44. The molecule has 176 valence electrons. The van der Waals surface area contributed by atoms with Gasteiger partial charge < -0.3 is 19.3 Å². The third-order valence-electron chi connectivity index (χ3n) is 5.39. The zero-order chi connectivity index (χ0) is 23.8. The predicted molar refractivity (Wildman–Crippen MR) is 132 cm³/mol. The number of aliphatic hydroxyl groups is 1. The van der Waals surface area contributed by atoms with Gasteiger partial charge in [-0.3, -0.25) is 4.79 Å². The van der Waals surface area contributed by atoms with Crippen molar-refractivity contribution in [1.29, 1.82) is 0 Å². The SMILES string of the molecule is CC(C)(C)CC(C)(C)N(CCOCCO)C(=O)CP(=O)(c1ccccc1)c1ccccc1. The van der Waals surface area contributed by atoms with Crippen LogP contribution in [-0.4, -0.2) is 54.0 Å². The lowest BCUT2D eigenvalue weighted by Gasteiger charge is -2.43. The minimum Gasteiger partial charge on any atom is -0.394 e. The van der Waals surface area contributed by atoms with Gasteiger partial charge in [0.2, 0.25) is 5.91 Å². The molecule has 0 spiro atoms. The molecule has 2 aromatic rings. The summed E-state index contributed by atoms with van der Waals surface area (Å²) in [5, 5.41) is 10.4. The van der Waals surface area contributed by atoms with Gasteiger partial charge in [0.1, 0.15) is 0 Å². The lowest BCUT2D eigenvalue weighted by Crippen LogP contribution is -2.52. The summed E-state index contributed by atoms with van der Waals surface area (Å²) >= 11 is 0. The second-order valence-corrected chi connectivity index (χ2v) is 12.8. The van der Waals surface area contributed by atoms with Crippen molar-refractivity contribution < 1.29 is 19.2 Å². The number of carbonyl (C=O) groups excluding carboxylic acids is 1. The van der Waals surface area contributed by atoms with Gasteiger partial charge >= 0.3 is 0 Å². The average molecular weight is 460 g/mol.